The van der Waals surface area contributed by atoms with E-state index in [4.69, 9.17) is 0 Å². The van der Waals surface area contributed by atoms with Crippen LogP contribution < -0.4 is 5.32 Å². The van der Waals surface area contributed by atoms with Crippen LogP contribution in [-0.4, -0.2) is 14.8 Å². The Morgan fingerprint density at radius 2 is 2.15 bits per heavy atom. The lowest BCUT2D eigenvalue weighted by Gasteiger charge is -2.11. The highest BCUT2D eigenvalue weighted by atomic mass is 32.1. The predicted octanol–water partition coefficient (Wildman–Crippen LogP) is 3.31. The minimum atomic E-state index is 0.750. The topological polar surface area (TPSA) is 42.7 Å². The lowest BCUT2D eigenvalue weighted by atomic mass is 10.1. The molecule has 2 heterocycles. The second kappa shape index (κ2) is 5.88. The molecule has 0 bridgehead atoms. The zero-order valence-electron chi connectivity index (χ0n) is 11.3. The van der Waals surface area contributed by atoms with Crippen molar-refractivity contribution in [3.05, 3.63) is 64.4 Å². The van der Waals surface area contributed by atoms with Gasteiger partial charge in [0.15, 0.2) is 0 Å². The summed E-state index contributed by atoms with van der Waals surface area (Å²) in [6.45, 7) is 3.55. The SMILES string of the molecule is Cc1nc(CNc2ccccc2Cn2cccn2)cs1. The number of hydrogen-bond donors (Lipinski definition) is 1. The van der Waals surface area contributed by atoms with Crippen LogP contribution in [0.25, 0.3) is 0 Å². The summed E-state index contributed by atoms with van der Waals surface area (Å²) in [6, 6.07) is 10.3. The Morgan fingerprint density at radius 1 is 1.25 bits per heavy atom. The molecular weight excluding hydrogens is 268 g/mol. The summed E-state index contributed by atoms with van der Waals surface area (Å²) in [5, 5.41) is 10.9. The molecule has 0 spiro atoms. The molecule has 2 aromatic heterocycles. The number of nitrogens with zero attached hydrogens (tertiary/aromatic N) is 3. The van der Waals surface area contributed by atoms with Gasteiger partial charge in [0.25, 0.3) is 0 Å². The molecule has 0 aliphatic heterocycles. The summed E-state index contributed by atoms with van der Waals surface area (Å²) in [4.78, 5) is 4.47. The molecular formula is C15H16N4S. The summed E-state index contributed by atoms with van der Waals surface area (Å²) in [5.74, 6) is 0. The highest BCUT2D eigenvalue weighted by Gasteiger charge is 2.04. The van der Waals surface area contributed by atoms with Gasteiger partial charge in [0.2, 0.25) is 0 Å². The molecule has 0 atom stereocenters. The van der Waals surface area contributed by atoms with Gasteiger partial charge in [-0.2, -0.15) is 5.10 Å². The predicted molar refractivity (Wildman–Crippen MR) is 81.9 cm³/mol. The molecule has 3 aromatic rings. The highest BCUT2D eigenvalue weighted by molar-refractivity contribution is 7.09. The molecule has 0 saturated carbocycles. The van der Waals surface area contributed by atoms with E-state index in [1.54, 1.807) is 17.5 Å². The summed E-state index contributed by atoms with van der Waals surface area (Å²) >= 11 is 1.68. The average Bonchev–Trinajstić information content (AvgIpc) is 3.10. The van der Waals surface area contributed by atoms with E-state index in [-0.39, 0.29) is 0 Å². The van der Waals surface area contributed by atoms with Gasteiger partial charge in [-0.1, -0.05) is 18.2 Å². The lowest BCUT2D eigenvalue weighted by Crippen LogP contribution is -2.06. The lowest BCUT2D eigenvalue weighted by molar-refractivity contribution is 0.687. The second-order valence-corrected chi connectivity index (χ2v) is 5.63. The van der Waals surface area contributed by atoms with Gasteiger partial charge < -0.3 is 5.32 Å². The Balaban J connectivity index is 1.72. The van der Waals surface area contributed by atoms with Gasteiger partial charge >= 0.3 is 0 Å². The highest BCUT2D eigenvalue weighted by Crippen LogP contribution is 2.17. The van der Waals surface area contributed by atoms with E-state index in [0.717, 1.165) is 29.5 Å². The van der Waals surface area contributed by atoms with E-state index in [1.807, 2.05) is 29.9 Å². The van der Waals surface area contributed by atoms with E-state index in [2.05, 4.69) is 39.0 Å². The first kappa shape index (κ1) is 12.9. The molecule has 0 aliphatic carbocycles. The fourth-order valence-electron chi connectivity index (χ4n) is 2.07. The first-order valence-electron chi connectivity index (χ1n) is 6.51. The first-order chi connectivity index (χ1) is 9.81. The molecule has 0 aliphatic rings. The average molecular weight is 284 g/mol. The smallest absolute Gasteiger partial charge is 0.0898 e. The van der Waals surface area contributed by atoms with Crippen LogP contribution in [0.2, 0.25) is 0 Å². The molecule has 20 heavy (non-hydrogen) atoms. The Kier molecular flexibility index (Phi) is 3.78. The van der Waals surface area contributed by atoms with E-state index in [0.29, 0.717) is 0 Å². The van der Waals surface area contributed by atoms with E-state index in [1.165, 1.54) is 5.56 Å². The van der Waals surface area contributed by atoms with Crippen molar-refractivity contribution in [2.45, 2.75) is 20.0 Å². The number of benzene rings is 1. The van der Waals surface area contributed by atoms with Crippen molar-refractivity contribution >= 4 is 17.0 Å². The number of nitrogens with one attached hydrogen (secondary N) is 1. The minimum absolute atomic E-state index is 0.750. The summed E-state index contributed by atoms with van der Waals surface area (Å²) in [7, 11) is 0. The normalized spacial score (nSPS) is 10.7. The van der Waals surface area contributed by atoms with Crippen LogP contribution in [-0.2, 0) is 13.1 Å². The summed E-state index contributed by atoms with van der Waals surface area (Å²) < 4.78 is 1.92. The summed E-state index contributed by atoms with van der Waals surface area (Å²) in [6.07, 6.45) is 3.77. The standard InChI is InChI=1S/C15H16N4S/c1-12-18-14(11-20-12)9-16-15-6-3-2-5-13(15)10-19-8-4-7-17-19/h2-8,11,16H,9-10H2,1H3. The molecule has 0 amide bonds. The zero-order chi connectivity index (χ0) is 13.8. The van der Waals surface area contributed by atoms with Crippen molar-refractivity contribution in [3.8, 4) is 0 Å². The van der Waals surface area contributed by atoms with Gasteiger partial charge in [0.1, 0.15) is 0 Å². The molecule has 1 aromatic carbocycles. The van der Waals surface area contributed by atoms with E-state index < -0.39 is 0 Å². The number of aryl methyl sites for hydroxylation is 1. The van der Waals surface area contributed by atoms with Crippen LogP contribution in [0, 0.1) is 6.92 Å². The molecule has 0 unspecified atom stereocenters. The maximum Gasteiger partial charge on any atom is 0.0898 e. The number of para-hydroxylation sites is 1. The largest absolute Gasteiger partial charge is 0.379 e. The third kappa shape index (κ3) is 3.05. The maximum atomic E-state index is 4.47. The van der Waals surface area contributed by atoms with Crippen molar-refractivity contribution in [1.82, 2.24) is 14.8 Å². The van der Waals surface area contributed by atoms with E-state index >= 15 is 0 Å². The maximum absolute atomic E-state index is 4.47. The molecule has 102 valence electrons. The number of anilines is 1. The Bertz CT molecular complexity index is 673. The van der Waals surface area contributed by atoms with Crippen molar-refractivity contribution in [1.29, 1.82) is 0 Å². The first-order valence-corrected chi connectivity index (χ1v) is 7.39. The van der Waals surface area contributed by atoms with Crippen LogP contribution in [0.5, 0.6) is 0 Å². The Labute approximate surface area is 122 Å². The van der Waals surface area contributed by atoms with Crippen LogP contribution in [0.3, 0.4) is 0 Å². The number of hydrogen-bond acceptors (Lipinski definition) is 4. The van der Waals surface area contributed by atoms with Gasteiger partial charge in [-0.05, 0) is 24.6 Å². The molecule has 3 rings (SSSR count). The quantitative estimate of drug-likeness (QED) is 0.781. The third-order valence-corrected chi connectivity index (χ3v) is 3.86. The molecule has 0 saturated heterocycles. The number of rotatable bonds is 5. The Hall–Kier alpha value is -2.14. The van der Waals surface area contributed by atoms with Crippen LogP contribution >= 0.6 is 11.3 Å². The monoisotopic (exact) mass is 284 g/mol. The fraction of sp³-hybridized carbons (Fsp3) is 0.200. The van der Waals surface area contributed by atoms with Crippen LogP contribution in [0.4, 0.5) is 5.69 Å². The Morgan fingerprint density at radius 3 is 2.90 bits per heavy atom. The molecule has 0 radical (unpaired) electrons. The van der Waals surface area contributed by atoms with Gasteiger partial charge in [0.05, 0.1) is 23.8 Å². The minimum Gasteiger partial charge on any atom is -0.379 e. The van der Waals surface area contributed by atoms with Crippen molar-refractivity contribution in [3.63, 3.8) is 0 Å². The molecule has 1 N–H and O–H groups in total. The van der Waals surface area contributed by atoms with Gasteiger partial charge in [-0.15, -0.1) is 11.3 Å². The van der Waals surface area contributed by atoms with Crippen molar-refractivity contribution < 1.29 is 0 Å². The number of aromatic nitrogens is 3. The van der Waals surface area contributed by atoms with Crippen molar-refractivity contribution in [2.75, 3.05) is 5.32 Å². The van der Waals surface area contributed by atoms with Crippen LogP contribution in [0.15, 0.2) is 48.1 Å². The van der Waals surface area contributed by atoms with Crippen LogP contribution in [0.1, 0.15) is 16.3 Å². The second-order valence-electron chi connectivity index (χ2n) is 4.57. The van der Waals surface area contributed by atoms with E-state index in [9.17, 15) is 0 Å². The number of thiazole rings is 1. The van der Waals surface area contributed by atoms with Gasteiger partial charge in [-0.25, -0.2) is 4.98 Å². The third-order valence-electron chi connectivity index (χ3n) is 3.04. The van der Waals surface area contributed by atoms with Gasteiger partial charge in [-0.3, -0.25) is 4.68 Å². The van der Waals surface area contributed by atoms with Gasteiger partial charge in [0, 0.05) is 23.5 Å². The molecule has 4 nitrogen and oxygen atoms in total. The molecule has 0 fully saturated rings. The fourth-order valence-corrected chi connectivity index (χ4v) is 2.69. The van der Waals surface area contributed by atoms with Crippen molar-refractivity contribution in [2.24, 2.45) is 0 Å². The zero-order valence-corrected chi connectivity index (χ0v) is 12.1. The summed E-state index contributed by atoms with van der Waals surface area (Å²) in [5.41, 5.74) is 3.44. The molecule has 5 heteroatoms.